The van der Waals surface area contributed by atoms with Crippen LogP contribution in [0.3, 0.4) is 0 Å². The van der Waals surface area contributed by atoms with Gasteiger partial charge in [0, 0.05) is 17.5 Å². The summed E-state index contributed by atoms with van der Waals surface area (Å²) in [6.45, 7) is 5.91. The molecule has 0 amide bonds. The molecule has 0 spiro atoms. The van der Waals surface area contributed by atoms with Crippen molar-refractivity contribution in [2.75, 3.05) is 14.1 Å². The predicted molar refractivity (Wildman–Crippen MR) is 65.7 cm³/mol. The lowest BCUT2D eigenvalue weighted by atomic mass is 9.88. The summed E-state index contributed by atoms with van der Waals surface area (Å²) >= 11 is 0. The van der Waals surface area contributed by atoms with Crippen LogP contribution in [0.15, 0.2) is 18.3 Å². The third-order valence-electron chi connectivity index (χ3n) is 3.34. The Bertz CT molecular complexity index is 370. The first-order chi connectivity index (χ1) is 7.41. The van der Waals surface area contributed by atoms with E-state index in [-0.39, 0.29) is 5.78 Å². The zero-order valence-corrected chi connectivity index (χ0v) is 10.7. The van der Waals surface area contributed by atoms with Crippen molar-refractivity contribution in [1.82, 2.24) is 9.88 Å². The van der Waals surface area contributed by atoms with Gasteiger partial charge < -0.3 is 0 Å². The molecule has 0 fully saturated rings. The first-order valence-corrected chi connectivity index (χ1v) is 5.56. The summed E-state index contributed by atoms with van der Waals surface area (Å²) in [5, 5.41) is 0. The lowest BCUT2D eigenvalue weighted by molar-refractivity contribution is 0.0710. The SMILES string of the molecule is CCC(C)(C(=O)c1ccc(C)nc1)N(C)C. The van der Waals surface area contributed by atoms with Gasteiger partial charge in [-0.2, -0.15) is 0 Å². The summed E-state index contributed by atoms with van der Waals surface area (Å²) in [4.78, 5) is 18.5. The van der Waals surface area contributed by atoms with Crippen LogP contribution < -0.4 is 0 Å². The van der Waals surface area contributed by atoms with E-state index in [4.69, 9.17) is 0 Å². The highest BCUT2D eigenvalue weighted by molar-refractivity contribution is 6.02. The standard InChI is InChI=1S/C13H20N2O/c1-6-13(3,15(4)5)12(16)11-8-7-10(2)14-9-11/h7-9H,6H2,1-5H3. The normalized spacial score (nSPS) is 14.9. The number of nitrogens with zero attached hydrogens (tertiary/aromatic N) is 2. The van der Waals surface area contributed by atoms with E-state index in [0.717, 1.165) is 12.1 Å². The number of hydrogen-bond acceptors (Lipinski definition) is 3. The minimum absolute atomic E-state index is 0.132. The second kappa shape index (κ2) is 4.74. The Morgan fingerprint density at radius 2 is 2.06 bits per heavy atom. The molecule has 0 aliphatic rings. The maximum absolute atomic E-state index is 12.4. The third-order valence-corrected chi connectivity index (χ3v) is 3.34. The molecule has 3 nitrogen and oxygen atoms in total. The van der Waals surface area contributed by atoms with Crippen molar-refractivity contribution in [1.29, 1.82) is 0 Å². The minimum atomic E-state index is -0.447. The van der Waals surface area contributed by atoms with E-state index in [1.54, 1.807) is 6.20 Å². The van der Waals surface area contributed by atoms with Gasteiger partial charge in [0.25, 0.3) is 0 Å². The van der Waals surface area contributed by atoms with E-state index in [0.29, 0.717) is 5.56 Å². The molecule has 88 valence electrons. The molecular formula is C13H20N2O. The number of Topliss-reactive ketones (excluding diaryl/α,β-unsaturated/α-hetero) is 1. The van der Waals surface area contributed by atoms with Crippen LogP contribution in [0, 0.1) is 6.92 Å². The van der Waals surface area contributed by atoms with Crippen LogP contribution in [0.25, 0.3) is 0 Å². The van der Waals surface area contributed by atoms with Crippen molar-refractivity contribution < 1.29 is 4.79 Å². The Hall–Kier alpha value is -1.22. The third kappa shape index (κ3) is 2.30. The van der Waals surface area contributed by atoms with E-state index in [1.165, 1.54) is 0 Å². The molecule has 1 heterocycles. The Kier molecular flexibility index (Phi) is 3.81. The van der Waals surface area contributed by atoms with E-state index < -0.39 is 5.54 Å². The minimum Gasteiger partial charge on any atom is -0.297 e. The molecule has 16 heavy (non-hydrogen) atoms. The molecule has 3 heteroatoms. The van der Waals surface area contributed by atoms with Crippen LogP contribution in [0.5, 0.6) is 0 Å². The number of likely N-dealkylation sites (N-methyl/N-ethyl adjacent to an activating group) is 1. The van der Waals surface area contributed by atoms with Crippen molar-refractivity contribution in [3.05, 3.63) is 29.6 Å². The summed E-state index contributed by atoms with van der Waals surface area (Å²) in [6.07, 6.45) is 2.45. The molecule has 1 unspecified atom stereocenters. The molecule has 0 aliphatic heterocycles. The highest BCUT2D eigenvalue weighted by atomic mass is 16.1. The zero-order valence-electron chi connectivity index (χ0n) is 10.7. The van der Waals surface area contributed by atoms with Gasteiger partial charge in [-0.1, -0.05) is 6.92 Å². The van der Waals surface area contributed by atoms with Gasteiger partial charge >= 0.3 is 0 Å². The summed E-state index contributed by atoms with van der Waals surface area (Å²) in [6, 6.07) is 3.72. The average Bonchev–Trinajstić information content (AvgIpc) is 2.27. The summed E-state index contributed by atoms with van der Waals surface area (Å²) in [5.41, 5.74) is 1.17. The molecule has 1 rings (SSSR count). The van der Waals surface area contributed by atoms with E-state index in [1.807, 2.05) is 51.9 Å². The second-order valence-corrected chi connectivity index (χ2v) is 4.54. The van der Waals surface area contributed by atoms with Crippen LogP contribution in [0.1, 0.15) is 36.3 Å². The van der Waals surface area contributed by atoms with Gasteiger partial charge in [0.2, 0.25) is 0 Å². The fourth-order valence-electron chi connectivity index (χ4n) is 1.59. The van der Waals surface area contributed by atoms with Gasteiger partial charge in [-0.25, -0.2) is 0 Å². The Morgan fingerprint density at radius 3 is 2.44 bits per heavy atom. The molecule has 1 atom stereocenters. The van der Waals surface area contributed by atoms with E-state index >= 15 is 0 Å². The molecule has 0 saturated heterocycles. The van der Waals surface area contributed by atoms with Crippen LogP contribution in [0.4, 0.5) is 0 Å². The highest BCUT2D eigenvalue weighted by Crippen LogP contribution is 2.21. The van der Waals surface area contributed by atoms with Crippen molar-refractivity contribution in [3.8, 4) is 0 Å². The molecule has 0 aliphatic carbocycles. The lowest BCUT2D eigenvalue weighted by Gasteiger charge is -2.33. The predicted octanol–water partition coefficient (Wildman–Crippen LogP) is 2.30. The van der Waals surface area contributed by atoms with Crippen molar-refractivity contribution >= 4 is 5.78 Å². The second-order valence-electron chi connectivity index (χ2n) is 4.54. The fraction of sp³-hybridized carbons (Fsp3) is 0.538. The summed E-state index contributed by atoms with van der Waals surface area (Å²) < 4.78 is 0. The van der Waals surface area contributed by atoms with Crippen molar-refractivity contribution in [3.63, 3.8) is 0 Å². The number of rotatable bonds is 4. The Morgan fingerprint density at radius 1 is 1.44 bits per heavy atom. The smallest absolute Gasteiger partial charge is 0.184 e. The molecule has 0 aromatic carbocycles. The van der Waals surface area contributed by atoms with Gasteiger partial charge in [-0.05, 0) is 46.5 Å². The van der Waals surface area contributed by atoms with Crippen LogP contribution >= 0.6 is 0 Å². The van der Waals surface area contributed by atoms with Gasteiger partial charge in [0.15, 0.2) is 5.78 Å². The first kappa shape index (κ1) is 12.8. The van der Waals surface area contributed by atoms with Gasteiger partial charge in [0.05, 0.1) is 5.54 Å². The number of ketones is 1. The molecule has 0 bridgehead atoms. The number of aromatic nitrogens is 1. The molecule has 1 aromatic rings. The number of carbonyl (C=O) groups is 1. The van der Waals surface area contributed by atoms with Crippen molar-refractivity contribution in [2.24, 2.45) is 0 Å². The summed E-state index contributed by atoms with van der Waals surface area (Å²) in [5.74, 6) is 0.132. The van der Waals surface area contributed by atoms with Crippen LogP contribution in [-0.2, 0) is 0 Å². The van der Waals surface area contributed by atoms with Gasteiger partial charge in [-0.15, -0.1) is 0 Å². The maximum Gasteiger partial charge on any atom is 0.184 e. The fourth-order valence-corrected chi connectivity index (χ4v) is 1.59. The first-order valence-electron chi connectivity index (χ1n) is 5.56. The van der Waals surface area contributed by atoms with Crippen LogP contribution in [-0.4, -0.2) is 35.3 Å². The zero-order chi connectivity index (χ0) is 12.3. The van der Waals surface area contributed by atoms with Crippen molar-refractivity contribution in [2.45, 2.75) is 32.7 Å². The summed E-state index contributed by atoms with van der Waals surface area (Å²) in [7, 11) is 3.87. The number of carbonyl (C=O) groups excluding carboxylic acids is 1. The molecule has 0 saturated carbocycles. The topological polar surface area (TPSA) is 33.2 Å². The van der Waals surface area contributed by atoms with E-state index in [9.17, 15) is 4.79 Å². The highest BCUT2D eigenvalue weighted by Gasteiger charge is 2.34. The average molecular weight is 220 g/mol. The Labute approximate surface area is 97.5 Å². The molecular weight excluding hydrogens is 200 g/mol. The Balaban J connectivity index is 3.05. The van der Waals surface area contributed by atoms with Gasteiger partial charge in [0.1, 0.15) is 0 Å². The monoisotopic (exact) mass is 220 g/mol. The van der Waals surface area contributed by atoms with Gasteiger partial charge in [-0.3, -0.25) is 14.7 Å². The van der Waals surface area contributed by atoms with Crippen LogP contribution in [0.2, 0.25) is 0 Å². The quantitative estimate of drug-likeness (QED) is 0.730. The number of pyridine rings is 1. The largest absolute Gasteiger partial charge is 0.297 e. The van der Waals surface area contributed by atoms with E-state index in [2.05, 4.69) is 4.98 Å². The maximum atomic E-state index is 12.4. The molecule has 1 aromatic heterocycles. The molecule has 0 N–H and O–H groups in total. The number of aryl methyl sites for hydroxylation is 1. The lowest BCUT2D eigenvalue weighted by Crippen LogP contribution is -2.48. The number of hydrogen-bond donors (Lipinski definition) is 0. The molecule has 0 radical (unpaired) electrons.